The van der Waals surface area contributed by atoms with E-state index in [0.29, 0.717) is 12.2 Å². The molecule has 0 saturated heterocycles. The van der Waals surface area contributed by atoms with E-state index in [9.17, 15) is 18.0 Å². The van der Waals surface area contributed by atoms with Crippen molar-refractivity contribution in [3.05, 3.63) is 72.3 Å². The molecule has 3 aromatic rings. The maximum Gasteiger partial charge on any atom is 0.416 e. The van der Waals surface area contributed by atoms with E-state index in [2.05, 4.69) is 5.32 Å². The summed E-state index contributed by atoms with van der Waals surface area (Å²) in [5.41, 5.74) is -0.737. The van der Waals surface area contributed by atoms with Gasteiger partial charge in [-0.1, -0.05) is 43.3 Å². The largest absolute Gasteiger partial charge is 0.481 e. The van der Waals surface area contributed by atoms with Gasteiger partial charge in [-0.15, -0.1) is 0 Å². The van der Waals surface area contributed by atoms with Crippen LogP contribution in [0.25, 0.3) is 10.8 Å². The third kappa shape index (κ3) is 4.58. The van der Waals surface area contributed by atoms with Gasteiger partial charge in [0.05, 0.1) is 5.56 Å². The van der Waals surface area contributed by atoms with E-state index in [1.165, 1.54) is 12.1 Å². The Bertz CT molecular complexity index is 953. The number of benzene rings is 3. The minimum absolute atomic E-state index is 0.0791. The van der Waals surface area contributed by atoms with Crippen molar-refractivity contribution in [2.24, 2.45) is 0 Å². The molecule has 3 rings (SSSR count). The molecule has 0 aliphatic rings. The number of amides is 1. The molecule has 27 heavy (non-hydrogen) atoms. The predicted octanol–water partition coefficient (Wildman–Crippen LogP) is 5.65. The molecule has 1 amide bonds. The van der Waals surface area contributed by atoms with Gasteiger partial charge in [0.2, 0.25) is 0 Å². The van der Waals surface area contributed by atoms with Crippen molar-refractivity contribution in [2.45, 2.75) is 25.6 Å². The number of nitrogens with one attached hydrogen (secondary N) is 1. The number of carbonyl (C=O) groups excluding carboxylic acids is 1. The van der Waals surface area contributed by atoms with Gasteiger partial charge in [-0.25, -0.2) is 0 Å². The van der Waals surface area contributed by atoms with E-state index in [0.717, 1.165) is 22.9 Å². The van der Waals surface area contributed by atoms with Crippen molar-refractivity contribution in [2.75, 3.05) is 5.32 Å². The van der Waals surface area contributed by atoms with E-state index in [1.807, 2.05) is 36.4 Å². The van der Waals surface area contributed by atoms with Gasteiger partial charge in [-0.05, 0) is 47.5 Å². The maximum atomic E-state index is 12.8. The highest BCUT2D eigenvalue weighted by molar-refractivity contribution is 5.94. The fraction of sp³-hybridized carbons (Fsp3) is 0.190. The summed E-state index contributed by atoms with van der Waals surface area (Å²) >= 11 is 0. The first kappa shape index (κ1) is 18.8. The Morgan fingerprint density at radius 2 is 1.74 bits per heavy atom. The van der Waals surface area contributed by atoms with Crippen molar-refractivity contribution < 1.29 is 22.7 Å². The summed E-state index contributed by atoms with van der Waals surface area (Å²) in [5.74, 6) is 0.0322. The number of anilines is 1. The van der Waals surface area contributed by atoms with Crippen molar-refractivity contribution >= 4 is 22.4 Å². The second kappa shape index (κ2) is 7.70. The second-order valence-corrected chi connectivity index (χ2v) is 6.09. The highest BCUT2D eigenvalue weighted by atomic mass is 19.4. The van der Waals surface area contributed by atoms with E-state index in [1.54, 1.807) is 13.0 Å². The van der Waals surface area contributed by atoms with Crippen molar-refractivity contribution in [3.8, 4) is 5.75 Å². The normalized spacial score (nSPS) is 12.6. The van der Waals surface area contributed by atoms with Crippen molar-refractivity contribution in [1.29, 1.82) is 0 Å². The lowest BCUT2D eigenvalue weighted by Crippen LogP contribution is -2.32. The third-order valence-electron chi connectivity index (χ3n) is 4.12. The summed E-state index contributed by atoms with van der Waals surface area (Å²) in [5, 5.41) is 4.52. The zero-order valence-electron chi connectivity index (χ0n) is 14.6. The summed E-state index contributed by atoms with van der Waals surface area (Å²) in [7, 11) is 0. The van der Waals surface area contributed by atoms with Gasteiger partial charge >= 0.3 is 6.18 Å². The molecule has 1 N–H and O–H groups in total. The van der Waals surface area contributed by atoms with Crippen LogP contribution in [0.15, 0.2) is 66.7 Å². The Kier molecular flexibility index (Phi) is 5.35. The number of ether oxygens (including phenoxy) is 1. The van der Waals surface area contributed by atoms with Crippen LogP contribution >= 0.6 is 0 Å². The maximum absolute atomic E-state index is 12.8. The standard InChI is InChI=1S/C21H18F3NO2/c1-2-19(27-18-11-10-14-6-3-4-7-15(14)12-18)20(26)25-17-9-5-8-16(13-17)21(22,23)24/h3-13,19H,2H2,1H3,(H,25,26)/t19-/m0/s1. The zero-order valence-corrected chi connectivity index (χ0v) is 14.6. The molecule has 3 aromatic carbocycles. The van der Waals surface area contributed by atoms with Crippen LogP contribution in [-0.4, -0.2) is 12.0 Å². The number of carbonyl (C=O) groups is 1. The number of hydrogen-bond acceptors (Lipinski definition) is 2. The molecule has 1 atom stereocenters. The highest BCUT2D eigenvalue weighted by Gasteiger charge is 2.30. The molecule has 3 nitrogen and oxygen atoms in total. The summed E-state index contributed by atoms with van der Waals surface area (Å²) in [4.78, 5) is 12.5. The molecule has 0 bridgehead atoms. The lowest BCUT2D eigenvalue weighted by Gasteiger charge is -2.18. The van der Waals surface area contributed by atoms with Crippen LogP contribution in [0.2, 0.25) is 0 Å². The average molecular weight is 373 g/mol. The molecule has 0 fully saturated rings. The summed E-state index contributed by atoms with van der Waals surface area (Å²) in [6.07, 6.45) is -4.91. The lowest BCUT2D eigenvalue weighted by atomic mass is 10.1. The van der Waals surface area contributed by atoms with Crippen LogP contribution in [0, 0.1) is 0 Å². The monoisotopic (exact) mass is 373 g/mol. The molecule has 0 radical (unpaired) electrons. The predicted molar refractivity (Wildman–Crippen MR) is 98.7 cm³/mol. The fourth-order valence-corrected chi connectivity index (χ4v) is 2.72. The summed E-state index contributed by atoms with van der Waals surface area (Å²) < 4.78 is 44.2. The van der Waals surface area contributed by atoms with Crippen molar-refractivity contribution in [3.63, 3.8) is 0 Å². The minimum atomic E-state index is -4.47. The summed E-state index contributed by atoms with van der Waals surface area (Å²) in [6, 6.07) is 17.8. The van der Waals surface area contributed by atoms with Crippen molar-refractivity contribution in [1.82, 2.24) is 0 Å². The third-order valence-corrected chi connectivity index (χ3v) is 4.12. The molecule has 0 spiro atoms. The molecular formula is C21H18F3NO2. The molecule has 6 heteroatoms. The Morgan fingerprint density at radius 1 is 1.00 bits per heavy atom. The van der Waals surface area contributed by atoms with Gasteiger partial charge in [0.25, 0.3) is 5.91 Å². The van der Waals surface area contributed by atoms with E-state index in [-0.39, 0.29) is 5.69 Å². The zero-order chi connectivity index (χ0) is 19.4. The Hall–Kier alpha value is -3.02. The van der Waals surface area contributed by atoms with Gasteiger partial charge in [0.15, 0.2) is 6.10 Å². The first-order chi connectivity index (χ1) is 12.9. The molecule has 0 aliphatic carbocycles. The molecule has 0 aromatic heterocycles. The van der Waals surface area contributed by atoms with Gasteiger partial charge in [-0.2, -0.15) is 13.2 Å². The van der Waals surface area contributed by atoms with E-state index in [4.69, 9.17) is 4.74 Å². The lowest BCUT2D eigenvalue weighted by molar-refractivity contribution is -0.137. The smallest absolute Gasteiger partial charge is 0.416 e. The van der Waals surface area contributed by atoms with Crippen LogP contribution < -0.4 is 10.1 Å². The van der Waals surface area contributed by atoms with E-state index < -0.39 is 23.8 Å². The van der Waals surface area contributed by atoms with E-state index >= 15 is 0 Å². The topological polar surface area (TPSA) is 38.3 Å². The average Bonchev–Trinajstić information content (AvgIpc) is 2.65. The Morgan fingerprint density at radius 3 is 2.44 bits per heavy atom. The van der Waals surface area contributed by atoms with Gasteiger partial charge in [0, 0.05) is 5.69 Å². The van der Waals surface area contributed by atoms with Crippen LogP contribution in [0.4, 0.5) is 18.9 Å². The second-order valence-electron chi connectivity index (χ2n) is 6.09. The summed E-state index contributed by atoms with van der Waals surface area (Å²) in [6.45, 7) is 1.78. The quantitative estimate of drug-likeness (QED) is 0.627. The molecule has 140 valence electrons. The Labute approximate surface area is 154 Å². The molecule has 0 unspecified atom stereocenters. The number of halogens is 3. The SMILES string of the molecule is CC[C@H](Oc1ccc2ccccc2c1)C(=O)Nc1cccc(C(F)(F)F)c1. The number of fused-ring (bicyclic) bond motifs is 1. The number of rotatable bonds is 5. The molecule has 0 saturated carbocycles. The van der Waals surface area contributed by atoms with Gasteiger partial charge in [-0.3, -0.25) is 4.79 Å². The molecule has 0 aliphatic heterocycles. The first-order valence-corrected chi connectivity index (χ1v) is 8.50. The number of alkyl halides is 3. The van der Waals surface area contributed by atoms with Gasteiger partial charge in [0.1, 0.15) is 5.75 Å². The van der Waals surface area contributed by atoms with Crippen LogP contribution in [0.5, 0.6) is 5.75 Å². The number of hydrogen-bond donors (Lipinski definition) is 1. The van der Waals surface area contributed by atoms with Crippen LogP contribution in [-0.2, 0) is 11.0 Å². The van der Waals surface area contributed by atoms with Gasteiger partial charge < -0.3 is 10.1 Å². The molecular weight excluding hydrogens is 355 g/mol. The van der Waals surface area contributed by atoms with Crippen LogP contribution in [0.3, 0.4) is 0 Å². The molecule has 0 heterocycles. The first-order valence-electron chi connectivity index (χ1n) is 8.50. The Balaban J connectivity index is 1.74. The highest BCUT2D eigenvalue weighted by Crippen LogP contribution is 2.30. The minimum Gasteiger partial charge on any atom is -0.481 e. The fourth-order valence-electron chi connectivity index (χ4n) is 2.72. The van der Waals surface area contributed by atoms with Crippen LogP contribution in [0.1, 0.15) is 18.9 Å².